The van der Waals surface area contributed by atoms with E-state index in [9.17, 15) is 14.7 Å². The fraction of sp³-hybridized carbons (Fsp3) is 0.222. The molecule has 1 aliphatic rings. The lowest BCUT2D eigenvalue weighted by Crippen LogP contribution is -2.24. The lowest BCUT2D eigenvalue weighted by Gasteiger charge is -2.21. The van der Waals surface area contributed by atoms with E-state index in [1.807, 2.05) is 19.0 Å². The molecule has 0 heterocycles. The number of ketones is 2. The van der Waals surface area contributed by atoms with Gasteiger partial charge in [0.1, 0.15) is 18.1 Å². The Kier molecular flexibility index (Phi) is 3.88. The minimum atomic E-state index is -0.381. The number of carbonyl (C=O) groups is 2. The summed E-state index contributed by atoms with van der Waals surface area (Å²) in [4.78, 5) is 27.4. The molecule has 5 heteroatoms. The van der Waals surface area contributed by atoms with Gasteiger partial charge in [-0.05, 0) is 26.2 Å². The first kappa shape index (κ1) is 15.2. The summed E-state index contributed by atoms with van der Waals surface area (Å²) >= 11 is 0. The number of hydrogen-bond donors (Lipinski definition) is 1. The number of phenolic OH excluding ortho intramolecular Hbond substituents is 1. The van der Waals surface area contributed by atoms with Gasteiger partial charge in [-0.25, -0.2) is 0 Å². The Morgan fingerprint density at radius 1 is 0.957 bits per heavy atom. The first-order valence-electron chi connectivity index (χ1n) is 7.32. The Balaban J connectivity index is 2.06. The van der Waals surface area contributed by atoms with Crippen LogP contribution >= 0.6 is 0 Å². The first-order chi connectivity index (χ1) is 11.0. The summed E-state index contributed by atoms with van der Waals surface area (Å²) in [6.45, 7) is 1.09. The van der Waals surface area contributed by atoms with E-state index < -0.39 is 0 Å². The number of hydrogen-bond acceptors (Lipinski definition) is 5. The molecule has 0 aliphatic heterocycles. The largest absolute Gasteiger partial charge is 0.507 e. The third-order valence-electron chi connectivity index (χ3n) is 3.81. The highest BCUT2D eigenvalue weighted by Gasteiger charge is 2.34. The molecule has 0 saturated heterocycles. The number of nitrogens with zero attached hydrogens (tertiary/aromatic N) is 1. The van der Waals surface area contributed by atoms with Crippen molar-refractivity contribution in [3.05, 3.63) is 58.7 Å². The van der Waals surface area contributed by atoms with Crippen LogP contribution in [0, 0.1) is 0 Å². The standard InChI is InChI=1S/C18H17NO4/c1-19(2)9-10-23-14-8-4-6-12-16(14)18(22)15-11(17(12)21)5-3-7-13(15)20/h3-8,20H,9-10H2,1-2H3. The normalized spacial score (nSPS) is 13.0. The van der Waals surface area contributed by atoms with Crippen molar-refractivity contribution in [1.82, 2.24) is 4.90 Å². The number of carbonyl (C=O) groups excluding carboxylic acids is 2. The molecule has 0 spiro atoms. The lowest BCUT2D eigenvalue weighted by molar-refractivity contribution is 0.0973. The second-order valence-corrected chi connectivity index (χ2v) is 5.69. The molecule has 1 N–H and O–H groups in total. The number of benzene rings is 2. The van der Waals surface area contributed by atoms with Crippen LogP contribution in [0.25, 0.3) is 0 Å². The van der Waals surface area contributed by atoms with Crippen molar-refractivity contribution in [3.63, 3.8) is 0 Å². The topological polar surface area (TPSA) is 66.8 Å². The van der Waals surface area contributed by atoms with Crippen molar-refractivity contribution in [2.24, 2.45) is 0 Å². The van der Waals surface area contributed by atoms with E-state index >= 15 is 0 Å². The van der Waals surface area contributed by atoms with Gasteiger partial charge in [0, 0.05) is 17.7 Å². The zero-order valence-corrected chi connectivity index (χ0v) is 13.0. The van der Waals surface area contributed by atoms with Crippen molar-refractivity contribution in [3.8, 4) is 11.5 Å². The molecule has 0 atom stereocenters. The fourth-order valence-electron chi connectivity index (χ4n) is 2.65. The second-order valence-electron chi connectivity index (χ2n) is 5.69. The Labute approximate surface area is 134 Å². The molecule has 0 amide bonds. The molecular weight excluding hydrogens is 294 g/mol. The molecule has 5 nitrogen and oxygen atoms in total. The van der Waals surface area contributed by atoms with Gasteiger partial charge >= 0.3 is 0 Å². The van der Waals surface area contributed by atoms with Crippen molar-refractivity contribution < 1.29 is 19.4 Å². The number of aromatic hydroxyl groups is 1. The maximum Gasteiger partial charge on any atom is 0.201 e. The van der Waals surface area contributed by atoms with E-state index in [2.05, 4.69) is 0 Å². The molecule has 118 valence electrons. The Bertz CT molecular complexity index is 796. The molecule has 0 fully saturated rings. The van der Waals surface area contributed by atoms with Gasteiger partial charge in [0.2, 0.25) is 5.78 Å². The molecule has 3 rings (SSSR count). The highest BCUT2D eigenvalue weighted by atomic mass is 16.5. The molecule has 0 unspecified atom stereocenters. The summed E-state index contributed by atoms with van der Waals surface area (Å²) in [6, 6.07) is 9.50. The van der Waals surface area contributed by atoms with Crippen LogP contribution in [-0.2, 0) is 0 Å². The summed E-state index contributed by atoms with van der Waals surface area (Å²) < 4.78 is 5.69. The van der Waals surface area contributed by atoms with Crippen molar-refractivity contribution in [2.75, 3.05) is 27.2 Å². The van der Waals surface area contributed by atoms with E-state index in [1.54, 1.807) is 30.3 Å². The van der Waals surface area contributed by atoms with Gasteiger partial charge in [-0.2, -0.15) is 0 Å². The molecule has 23 heavy (non-hydrogen) atoms. The van der Waals surface area contributed by atoms with Gasteiger partial charge in [0.05, 0.1) is 11.1 Å². The molecule has 0 aromatic heterocycles. The lowest BCUT2D eigenvalue weighted by atomic mass is 9.83. The van der Waals surface area contributed by atoms with Crippen LogP contribution in [0.15, 0.2) is 36.4 Å². The average molecular weight is 311 g/mol. The second kappa shape index (κ2) is 5.85. The maximum atomic E-state index is 12.8. The summed E-state index contributed by atoms with van der Waals surface area (Å²) in [6.07, 6.45) is 0. The van der Waals surface area contributed by atoms with Crippen LogP contribution in [0.1, 0.15) is 31.8 Å². The van der Waals surface area contributed by atoms with Crippen molar-refractivity contribution in [2.45, 2.75) is 0 Å². The monoisotopic (exact) mass is 311 g/mol. The zero-order chi connectivity index (χ0) is 16.6. The molecule has 2 aromatic rings. The van der Waals surface area contributed by atoms with E-state index in [4.69, 9.17) is 4.74 Å². The van der Waals surface area contributed by atoms with E-state index in [0.717, 1.165) is 0 Å². The number of ether oxygens (including phenoxy) is 1. The fourth-order valence-corrected chi connectivity index (χ4v) is 2.65. The van der Waals surface area contributed by atoms with Crippen LogP contribution in [0.3, 0.4) is 0 Å². The van der Waals surface area contributed by atoms with Gasteiger partial charge in [0.25, 0.3) is 0 Å². The third-order valence-corrected chi connectivity index (χ3v) is 3.81. The van der Waals surface area contributed by atoms with Crippen LogP contribution < -0.4 is 4.74 Å². The highest BCUT2D eigenvalue weighted by molar-refractivity contribution is 6.30. The molecular formula is C18H17NO4. The van der Waals surface area contributed by atoms with Crippen LogP contribution in [0.4, 0.5) is 0 Å². The van der Waals surface area contributed by atoms with Gasteiger partial charge in [-0.15, -0.1) is 0 Å². The zero-order valence-electron chi connectivity index (χ0n) is 13.0. The van der Waals surface area contributed by atoms with Gasteiger partial charge in [-0.3, -0.25) is 9.59 Å². The predicted octanol–water partition coefficient (Wildman–Crippen LogP) is 2.11. The number of likely N-dealkylation sites (N-methyl/N-ethyl adjacent to an activating group) is 1. The molecule has 0 saturated carbocycles. The first-order valence-corrected chi connectivity index (χ1v) is 7.32. The highest BCUT2D eigenvalue weighted by Crippen LogP contribution is 2.36. The van der Waals surface area contributed by atoms with Crippen LogP contribution in [-0.4, -0.2) is 48.8 Å². The van der Waals surface area contributed by atoms with Crippen molar-refractivity contribution >= 4 is 11.6 Å². The van der Waals surface area contributed by atoms with Gasteiger partial charge < -0.3 is 14.7 Å². The third kappa shape index (κ3) is 2.59. The predicted molar refractivity (Wildman–Crippen MR) is 85.5 cm³/mol. The summed E-state index contributed by atoms with van der Waals surface area (Å²) in [5.41, 5.74) is 0.822. The van der Waals surface area contributed by atoms with E-state index in [1.165, 1.54) is 6.07 Å². The van der Waals surface area contributed by atoms with Gasteiger partial charge in [0.15, 0.2) is 5.78 Å². The smallest absolute Gasteiger partial charge is 0.201 e. The summed E-state index contributed by atoms with van der Waals surface area (Å²) in [5, 5.41) is 9.99. The number of phenols is 1. The molecule has 0 bridgehead atoms. The minimum Gasteiger partial charge on any atom is -0.507 e. The Hall–Kier alpha value is -2.66. The molecule has 2 aromatic carbocycles. The van der Waals surface area contributed by atoms with E-state index in [0.29, 0.717) is 24.5 Å². The average Bonchev–Trinajstić information content (AvgIpc) is 2.52. The van der Waals surface area contributed by atoms with Crippen LogP contribution in [0.5, 0.6) is 11.5 Å². The van der Waals surface area contributed by atoms with Crippen LogP contribution in [0.2, 0.25) is 0 Å². The summed E-state index contributed by atoms with van der Waals surface area (Å²) in [5.74, 6) is -0.470. The Morgan fingerprint density at radius 3 is 2.30 bits per heavy atom. The summed E-state index contributed by atoms with van der Waals surface area (Å²) in [7, 11) is 3.85. The van der Waals surface area contributed by atoms with Crippen molar-refractivity contribution in [1.29, 1.82) is 0 Å². The number of fused-ring (bicyclic) bond motifs is 2. The quantitative estimate of drug-likeness (QED) is 0.799. The Morgan fingerprint density at radius 2 is 1.61 bits per heavy atom. The van der Waals surface area contributed by atoms with E-state index in [-0.39, 0.29) is 34.0 Å². The molecule has 1 aliphatic carbocycles. The number of rotatable bonds is 4. The SMILES string of the molecule is CN(C)CCOc1cccc2c1C(=O)c1c(O)cccc1C2=O. The molecule has 0 radical (unpaired) electrons. The minimum absolute atomic E-state index is 0.0497. The maximum absolute atomic E-state index is 12.8. The van der Waals surface area contributed by atoms with Gasteiger partial charge in [-0.1, -0.05) is 24.3 Å².